The monoisotopic (exact) mass is 339 g/mol. The van der Waals surface area contributed by atoms with Crippen molar-refractivity contribution in [2.45, 2.75) is 19.9 Å². The van der Waals surface area contributed by atoms with E-state index >= 15 is 0 Å². The van der Waals surface area contributed by atoms with Crippen molar-refractivity contribution in [3.63, 3.8) is 0 Å². The minimum Gasteiger partial charge on any atom is -0.334 e. The average molecular weight is 340 g/mol. The summed E-state index contributed by atoms with van der Waals surface area (Å²) >= 11 is 3.36. The number of nitrogens with zero attached hydrogens (tertiary/aromatic N) is 4. The van der Waals surface area contributed by atoms with E-state index in [9.17, 15) is 0 Å². The van der Waals surface area contributed by atoms with Gasteiger partial charge in [0.05, 0.1) is 11.6 Å². The molecule has 0 saturated carbocycles. The van der Waals surface area contributed by atoms with E-state index in [4.69, 9.17) is 10.3 Å². The maximum absolute atomic E-state index is 6.12. The molecule has 0 fully saturated rings. The first-order valence-electron chi connectivity index (χ1n) is 6.56. The van der Waals surface area contributed by atoms with Crippen LogP contribution >= 0.6 is 15.9 Å². The van der Waals surface area contributed by atoms with Crippen molar-refractivity contribution in [1.82, 2.24) is 20.0 Å². The van der Waals surface area contributed by atoms with Gasteiger partial charge in [0.2, 0.25) is 0 Å². The first kappa shape index (κ1) is 15.1. The summed E-state index contributed by atoms with van der Waals surface area (Å²) in [6, 6.07) is 1.62. The molecule has 0 aromatic carbocycles. The van der Waals surface area contributed by atoms with Crippen LogP contribution in [0.15, 0.2) is 27.5 Å². The summed E-state index contributed by atoms with van der Waals surface area (Å²) < 4.78 is 6.12. The molecule has 0 aliphatic heterocycles. The standard InChI is InChI=1S/C13H18BrN5O/c1-3-19(4-2)8-11(15)12-17-13(20-18-12)9-5-10(14)7-16-6-9/h5-7,11H,3-4,8,15H2,1-2H3. The Morgan fingerprint density at radius 3 is 2.75 bits per heavy atom. The summed E-state index contributed by atoms with van der Waals surface area (Å²) in [7, 11) is 0. The molecule has 2 N–H and O–H groups in total. The van der Waals surface area contributed by atoms with Crippen LogP contribution in [0.25, 0.3) is 11.5 Å². The van der Waals surface area contributed by atoms with Gasteiger partial charge >= 0.3 is 0 Å². The summed E-state index contributed by atoms with van der Waals surface area (Å²) in [6.45, 7) is 6.81. The van der Waals surface area contributed by atoms with Gasteiger partial charge in [0, 0.05) is 23.4 Å². The van der Waals surface area contributed by atoms with Gasteiger partial charge in [-0.2, -0.15) is 4.98 Å². The minimum absolute atomic E-state index is 0.257. The van der Waals surface area contributed by atoms with Crippen LogP contribution in [-0.4, -0.2) is 39.7 Å². The van der Waals surface area contributed by atoms with Gasteiger partial charge in [-0.25, -0.2) is 0 Å². The van der Waals surface area contributed by atoms with E-state index in [0.29, 0.717) is 18.3 Å². The van der Waals surface area contributed by atoms with E-state index in [1.807, 2.05) is 6.07 Å². The lowest BCUT2D eigenvalue weighted by Gasteiger charge is -2.20. The molecule has 0 saturated heterocycles. The Kier molecular flexibility index (Phi) is 5.22. The molecule has 108 valence electrons. The van der Waals surface area contributed by atoms with E-state index in [1.165, 1.54) is 0 Å². The van der Waals surface area contributed by atoms with Crippen LogP contribution in [0.5, 0.6) is 0 Å². The number of aromatic nitrogens is 3. The number of hydrogen-bond donors (Lipinski definition) is 1. The van der Waals surface area contributed by atoms with Gasteiger partial charge in [-0.3, -0.25) is 4.98 Å². The van der Waals surface area contributed by atoms with Gasteiger partial charge in [-0.15, -0.1) is 0 Å². The van der Waals surface area contributed by atoms with Gasteiger partial charge in [0.15, 0.2) is 5.82 Å². The SMILES string of the molecule is CCN(CC)CC(N)c1noc(-c2cncc(Br)c2)n1. The second-order valence-electron chi connectivity index (χ2n) is 4.44. The molecule has 20 heavy (non-hydrogen) atoms. The van der Waals surface area contributed by atoms with Gasteiger partial charge in [-0.05, 0) is 35.1 Å². The quantitative estimate of drug-likeness (QED) is 0.869. The second kappa shape index (κ2) is 6.92. The fraction of sp³-hybridized carbons (Fsp3) is 0.462. The smallest absolute Gasteiger partial charge is 0.259 e. The molecular weight excluding hydrogens is 322 g/mol. The molecule has 2 heterocycles. The molecule has 7 heteroatoms. The molecule has 1 atom stereocenters. The Morgan fingerprint density at radius 2 is 2.10 bits per heavy atom. The van der Waals surface area contributed by atoms with Gasteiger partial charge in [0.1, 0.15) is 0 Å². The third kappa shape index (κ3) is 3.62. The normalized spacial score (nSPS) is 12.8. The van der Waals surface area contributed by atoms with Crippen molar-refractivity contribution >= 4 is 15.9 Å². The van der Waals surface area contributed by atoms with Gasteiger partial charge < -0.3 is 15.2 Å². The van der Waals surface area contributed by atoms with Crippen LogP contribution in [-0.2, 0) is 0 Å². The number of nitrogens with two attached hydrogens (primary N) is 1. The zero-order valence-corrected chi connectivity index (χ0v) is 13.2. The molecule has 2 aromatic rings. The van der Waals surface area contributed by atoms with E-state index in [1.54, 1.807) is 12.4 Å². The highest BCUT2D eigenvalue weighted by Gasteiger charge is 2.17. The largest absolute Gasteiger partial charge is 0.334 e. The van der Waals surface area contributed by atoms with E-state index in [0.717, 1.165) is 23.1 Å². The van der Waals surface area contributed by atoms with Crippen LogP contribution in [0, 0.1) is 0 Å². The van der Waals surface area contributed by atoms with Crippen LogP contribution in [0.2, 0.25) is 0 Å². The third-order valence-corrected chi connectivity index (χ3v) is 3.51. The molecule has 2 aromatic heterocycles. The van der Waals surface area contributed by atoms with E-state index < -0.39 is 0 Å². The van der Waals surface area contributed by atoms with Crippen LogP contribution in [0.3, 0.4) is 0 Å². The molecule has 2 rings (SSSR count). The topological polar surface area (TPSA) is 81.1 Å². The maximum atomic E-state index is 6.12. The number of hydrogen-bond acceptors (Lipinski definition) is 6. The van der Waals surface area contributed by atoms with Crippen molar-refractivity contribution in [2.24, 2.45) is 5.73 Å². The average Bonchev–Trinajstić information content (AvgIpc) is 2.94. The molecule has 0 spiro atoms. The van der Waals surface area contributed by atoms with Gasteiger partial charge in [-0.1, -0.05) is 19.0 Å². The first-order valence-corrected chi connectivity index (χ1v) is 7.35. The highest BCUT2D eigenvalue weighted by atomic mass is 79.9. The number of halogens is 1. The molecule has 0 aliphatic rings. The fourth-order valence-electron chi connectivity index (χ4n) is 1.87. The van der Waals surface area contributed by atoms with Crippen molar-refractivity contribution in [2.75, 3.05) is 19.6 Å². The Labute approximate surface area is 126 Å². The summed E-state index contributed by atoms with van der Waals surface area (Å²) in [6.07, 6.45) is 3.38. The van der Waals surface area contributed by atoms with Crippen molar-refractivity contribution in [3.8, 4) is 11.5 Å². The number of rotatable bonds is 6. The van der Waals surface area contributed by atoms with Crippen molar-refractivity contribution in [3.05, 3.63) is 28.8 Å². The highest BCUT2D eigenvalue weighted by Crippen LogP contribution is 2.21. The predicted molar refractivity (Wildman–Crippen MR) is 79.9 cm³/mol. The predicted octanol–water partition coefficient (Wildman–Crippen LogP) is 2.24. The van der Waals surface area contributed by atoms with Crippen LogP contribution < -0.4 is 5.73 Å². The van der Waals surface area contributed by atoms with E-state index in [-0.39, 0.29) is 6.04 Å². The molecule has 0 amide bonds. The zero-order chi connectivity index (χ0) is 14.5. The molecular formula is C13H18BrN5O. The molecule has 0 aliphatic carbocycles. The Bertz CT molecular complexity index is 555. The molecule has 0 bridgehead atoms. The third-order valence-electron chi connectivity index (χ3n) is 3.07. The lowest BCUT2D eigenvalue weighted by molar-refractivity contribution is 0.278. The second-order valence-corrected chi connectivity index (χ2v) is 5.36. The lowest BCUT2D eigenvalue weighted by Crippen LogP contribution is -2.32. The zero-order valence-electron chi connectivity index (χ0n) is 11.6. The van der Waals surface area contributed by atoms with Gasteiger partial charge in [0.25, 0.3) is 5.89 Å². The van der Waals surface area contributed by atoms with Crippen molar-refractivity contribution in [1.29, 1.82) is 0 Å². The Morgan fingerprint density at radius 1 is 1.35 bits per heavy atom. The Balaban J connectivity index is 2.12. The van der Waals surface area contributed by atoms with Crippen LogP contribution in [0.1, 0.15) is 25.7 Å². The first-order chi connectivity index (χ1) is 9.63. The van der Waals surface area contributed by atoms with E-state index in [2.05, 4.69) is 49.8 Å². The molecule has 1 unspecified atom stereocenters. The number of pyridine rings is 1. The highest BCUT2D eigenvalue weighted by molar-refractivity contribution is 9.10. The fourth-order valence-corrected chi connectivity index (χ4v) is 2.24. The summed E-state index contributed by atoms with van der Waals surface area (Å²) in [5, 5.41) is 3.96. The molecule has 6 nitrogen and oxygen atoms in total. The Hall–Kier alpha value is -1.31. The summed E-state index contributed by atoms with van der Waals surface area (Å²) in [4.78, 5) is 10.7. The molecule has 0 radical (unpaired) electrons. The summed E-state index contributed by atoms with van der Waals surface area (Å²) in [5.74, 6) is 0.954. The number of likely N-dealkylation sites (N-methyl/N-ethyl adjacent to an activating group) is 1. The maximum Gasteiger partial charge on any atom is 0.259 e. The lowest BCUT2D eigenvalue weighted by atomic mass is 10.2. The van der Waals surface area contributed by atoms with Crippen LogP contribution in [0.4, 0.5) is 0 Å². The summed E-state index contributed by atoms with van der Waals surface area (Å²) in [5.41, 5.74) is 6.89. The van der Waals surface area contributed by atoms with Crippen molar-refractivity contribution < 1.29 is 4.52 Å². The minimum atomic E-state index is -0.257.